The lowest BCUT2D eigenvalue weighted by molar-refractivity contribution is 0.199. The van der Waals surface area contributed by atoms with Gasteiger partial charge in [0.05, 0.1) is 6.10 Å². The Morgan fingerprint density at radius 3 is 2.56 bits per heavy atom. The second-order valence-corrected chi connectivity index (χ2v) is 5.35. The topological polar surface area (TPSA) is 36.4 Å². The summed E-state index contributed by atoms with van der Waals surface area (Å²) in [4.78, 5) is 6.74. The number of aliphatic hydroxyl groups is 1. The van der Waals surface area contributed by atoms with Crippen LogP contribution in [0.3, 0.4) is 0 Å². The van der Waals surface area contributed by atoms with Crippen LogP contribution in [0.15, 0.2) is 18.3 Å². The molecule has 1 unspecified atom stereocenters. The number of hydrogen-bond acceptors (Lipinski definition) is 3. The molecule has 3 heteroatoms. The van der Waals surface area contributed by atoms with E-state index in [1.54, 1.807) is 6.92 Å². The molecule has 0 bridgehead atoms. The van der Waals surface area contributed by atoms with Crippen molar-refractivity contribution in [3.63, 3.8) is 0 Å². The van der Waals surface area contributed by atoms with E-state index in [1.165, 1.54) is 38.5 Å². The number of aromatic nitrogens is 1. The summed E-state index contributed by atoms with van der Waals surface area (Å²) in [6, 6.07) is 4.44. The maximum atomic E-state index is 9.84. The summed E-state index contributed by atoms with van der Waals surface area (Å²) in [5.41, 5.74) is 0.934. The number of rotatable bonds is 3. The van der Waals surface area contributed by atoms with Crippen molar-refractivity contribution in [1.29, 1.82) is 0 Å². The Bertz CT molecular complexity index is 371. The number of nitrogens with zero attached hydrogens (tertiary/aromatic N) is 2. The lowest BCUT2D eigenvalue weighted by atomic mass is 10.1. The van der Waals surface area contributed by atoms with Crippen molar-refractivity contribution in [3.8, 4) is 0 Å². The van der Waals surface area contributed by atoms with Crippen LogP contribution in [0.2, 0.25) is 0 Å². The fraction of sp³-hybridized carbons (Fsp3) is 0.667. The first-order chi connectivity index (χ1) is 8.70. The van der Waals surface area contributed by atoms with Crippen molar-refractivity contribution in [1.82, 2.24) is 4.98 Å². The Morgan fingerprint density at radius 2 is 1.94 bits per heavy atom. The molecule has 0 radical (unpaired) electrons. The predicted molar refractivity (Wildman–Crippen MR) is 74.8 cm³/mol. The van der Waals surface area contributed by atoms with Gasteiger partial charge >= 0.3 is 0 Å². The van der Waals surface area contributed by atoms with E-state index in [-0.39, 0.29) is 0 Å². The standard InChI is InChI=1S/C15H24N2O/c1-12(18)14-10-7-11-16-15(14)17(2)13-8-5-3-4-6-9-13/h7,10-13,18H,3-6,8-9H2,1-2H3. The summed E-state index contributed by atoms with van der Waals surface area (Å²) in [6.45, 7) is 1.81. The van der Waals surface area contributed by atoms with Gasteiger partial charge in [-0.25, -0.2) is 4.98 Å². The first-order valence-electron chi connectivity index (χ1n) is 7.06. The molecule has 1 aliphatic rings. The molecule has 18 heavy (non-hydrogen) atoms. The second kappa shape index (κ2) is 6.19. The largest absolute Gasteiger partial charge is 0.389 e. The van der Waals surface area contributed by atoms with E-state index in [1.807, 2.05) is 18.3 Å². The molecule has 0 amide bonds. The fourth-order valence-corrected chi connectivity index (χ4v) is 2.85. The third kappa shape index (κ3) is 3.02. The zero-order chi connectivity index (χ0) is 13.0. The molecule has 1 fully saturated rings. The SMILES string of the molecule is CC(O)c1cccnc1N(C)C1CCCCCC1. The van der Waals surface area contributed by atoms with Crippen LogP contribution in [0.1, 0.15) is 57.1 Å². The molecular formula is C15H24N2O. The minimum Gasteiger partial charge on any atom is -0.389 e. The summed E-state index contributed by atoms with van der Waals surface area (Å²) < 4.78 is 0. The first kappa shape index (κ1) is 13.3. The van der Waals surface area contributed by atoms with E-state index in [4.69, 9.17) is 0 Å². The van der Waals surface area contributed by atoms with Gasteiger partial charge in [0.25, 0.3) is 0 Å². The molecule has 1 aliphatic carbocycles. The molecule has 0 saturated heterocycles. The van der Waals surface area contributed by atoms with Gasteiger partial charge in [-0.15, -0.1) is 0 Å². The molecule has 1 aromatic rings. The van der Waals surface area contributed by atoms with Gasteiger partial charge in [-0.1, -0.05) is 31.7 Å². The van der Waals surface area contributed by atoms with Crippen molar-refractivity contribution in [3.05, 3.63) is 23.9 Å². The number of hydrogen-bond donors (Lipinski definition) is 1. The van der Waals surface area contributed by atoms with Crippen molar-refractivity contribution >= 4 is 5.82 Å². The van der Waals surface area contributed by atoms with Crippen LogP contribution in [0.4, 0.5) is 5.82 Å². The number of aliphatic hydroxyl groups excluding tert-OH is 1. The van der Waals surface area contributed by atoms with Gasteiger partial charge in [0.2, 0.25) is 0 Å². The van der Waals surface area contributed by atoms with Crippen LogP contribution >= 0.6 is 0 Å². The van der Waals surface area contributed by atoms with Gasteiger partial charge in [-0.3, -0.25) is 0 Å². The highest BCUT2D eigenvalue weighted by molar-refractivity contribution is 5.48. The van der Waals surface area contributed by atoms with Crippen molar-refractivity contribution < 1.29 is 5.11 Å². The first-order valence-corrected chi connectivity index (χ1v) is 7.06. The molecule has 2 rings (SSSR count). The molecule has 1 atom stereocenters. The van der Waals surface area contributed by atoms with E-state index < -0.39 is 6.10 Å². The molecule has 1 N–H and O–H groups in total. The molecule has 1 heterocycles. The lowest BCUT2D eigenvalue weighted by Crippen LogP contribution is -2.32. The molecule has 1 aromatic heterocycles. The van der Waals surface area contributed by atoms with Crippen molar-refractivity contribution in [2.24, 2.45) is 0 Å². The second-order valence-electron chi connectivity index (χ2n) is 5.35. The number of pyridine rings is 1. The zero-order valence-electron chi connectivity index (χ0n) is 11.5. The van der Waals surface area contributed by atoms with Crippen LogP contribution in [0, 0.1) is 0 Å². The monoisotopic (exact) mass is 248 g/mol. The van der Waals surface area contributed by atoms with Crippen LogP contribution < -0.4 is 4.90 Å². The van der Waals surface area contributed by atoms with Crippen LogP contribution in [-0.4, -0.2) is 23.2 Å². The van der Waals surface area contributed by atoms with Gasteiger partial charge in [-0.2, -0.15) is 0 Å². The zero-order valence-corrected chi connectivity index (χ0v) is 11.5. The van der Waals surface area contributed by atoms with Crippen LogP contribution in [0.25, 0.3) is 0 Å². The van der Waals surface area contributed by atoms with Crippen molar-refractivity contribution in [2.75, 3.05) is 11.9 Å². The lowest BCUT2D eigenvalue weighted by Gasteiger charge is -2.30. The van der Waals surface area contributed by atoms with E-state index >= 15 is 0 Å². The third-order valence-corrected chi connectivity index (χ3v) is 3.97. The van der Waals surface area contributed by atoms with E-state index in [2.05, 4.69) is 16.9 Å². The summed E-state index contributed by atoms with van der Waals surface area (Å²) in [7, 11) is 2.12. The van der Waals surface area contributed by atoms with Crippen LogP contribution in [0.5, 0.6) is 0 Å². The van der Waals surface area contributed by atoms with Gasteiger partial charge in [0.15, 0.2) is 0 Å². The van der Waals surface area contributed by atoms with Gasteiger partial charge in [0, 0.05) is 24.8 Å². The highest BCUT2D eigenvalue weighted by Gasteiger charge is 2.21. The molecular weight excluding hydrogens is 224 g/mol. The quantitative estimate of drug-likeness (QED) is 0.834. The smallest absolute Gasteiger partial charge is 0.134 e. The fourth-order valence-electron chi connectivity index (χ4n) is 2.85. The predicted octanol–water partition coefficient (Wildman–Crippen LogP) is 3.29. The average molecular weight is 248 g/mol. The minimum atomic E-state index is -0.457. The maximum absolute atomic E-state index is 9.84. The highest BCUT2D eigenvalue weighted by Crippen LogP contribution is 2.28. The van der Waals surface area contributed by atoms with Crippen molar-refractivity contribution in [2.45, 2.75) is 57.6 Å². The molecule has 3 nitrogen and oxygen atoms in total. The van der Waals surface area contributed by atoms with E-state index in [0.717, 1.165) is 11.4 Å². The van der Waals surface area contributed by atoms with Crippen LogP contribution in [-0.2, 0) is 0 Å². The molecule has 1 saturated carbocycles. The summed E-state index contributed by atoms with van der Waals surface area (Å²) >= 11 is 0. The van der Waals surface area contributed by atoms with Gasteiger partial charge in [-0.05, 0) is 25.8 Å². The Kier molecular flexibility index (Phi) is 4.59. The summed E-state index contributed by atoms with van der Waals surface area (Å²) in [5.74, 6) is 0.944. The van der Waals surface area contributed by atoms with E-state index in [0.29, 0.717) is 6.04 Å². The maximum Gasteiger partial charge on any atom is 0.134 e. The normalized spacial score (nSPS) is 19.3. The molecule has 0 aliphatic heterocycles. The Labute approximate surface area is 110 Å². The Hall–Kier alpha value is -1.09. The summed E-state index contributed by atoms with van der Waals surface area (Å²) in [6.07, 6.45) is 9.18. The molecule has 0 aromatic carbocycles. The third-order valence-electron chi connectivity index (χ3n) is 3.97. The van der Waals surface area contributed by atoms with Gasteiger partial charge < -0.3 is 10.0 Å². The average Bonchev–Trinajstić information content (AvgIpc) is 2.66. The summed E-state index contributed by atoms with van der Waals surface area (Å²) in [5, 5.41) is 9.84. The molecule has 0 spiro atoms. The minimum absolute atomic E-state index is 0.457. The Morgan fingerprint density at radius 1 is 1.28 bits per heavy atom. The van der Waals surface area contributed by atoms with E-state index in [9.17, 15) is 5.11 Å². The Balaban J connectivity index is 2.19. The number of anilines is 1. The highest BCUT2D eigenvalue weighted by atomic mass is 16.3. The van der Waals surface area contributed by atoms with Gasteiger partial charge in [0.1, 0.15) is 5.82 Å². The molecule has 100 valence electrons.